The largest absolute Gasteiger partial charge is 0.434 e. The van der Waals surface area contributed by atoms with Gasteiger partial charge in [-0.2, -0.15) is 24.9 Å². The Balaban J connectivity index is 1.48. The van der Waals surface area contributed by atoms with Crippen LogP contribution in [0.4, 0.5) is 18.3 Å². The molecule has 24 heavy (non-hydrogen) atoms. The third-order valence-electron chi connectivity index (χ3n) is 4.49. The number of nitrogens with zero attached hydrogens (tertiary/aromatic N) is 3. The van der Waals surface area contributed by atoms with E-state index in [1.54, 1.807) is 0 Å². The van der Waals surface area contributed by atoms with Gasteiger partial charge in [-0.1, -0.05) is 0 Å². The Morgan fingerprint density at radius 1 is 1.21 bits per heavy atom. The van der Waals surface area contributed by atoms with Crippen LogP contribution < -0.4 is 4.90 Å². The van der Waals surface area contributed by atoms with Crippen LogP contribution in [0, 0.1) is 5.92 Å². The van der Waals surface area contributed by atoms with Crippen molar-refractivity contribution in [3.8, 4) is 0 Å². The molecule has 0 radical (unpaired) electrons. The summed E-state index contributed by atoms with van der Waals surface area (Å²) in [4.78, 5) is 19.9. The summed E-state index contributed by atoms with van der Waals surface area (Å²) in [5, 5.41) is 1.50. The molecule has 0 saturated carbocycles. The van der Waals surface area contributed by atoms with Crippen LogP contribution in [-0.4, -0.2) is 53.5 Å². The van der Waals surface area contributed by atoms with Crippen LogP contribution in [0.25, 0.3) is 0 Å². The summed E-state index contributed by atoms with van der Waals surface area (Å²) < 4.78 is 37.9. The molecule has 2 saturated heterocycles. The molecule has 1 aromatic heterocycles. The van der Waals surface area contributed by atoms with Gasteiger partial charge in [-0.05, 0) is 18.8 Å². The van der Waals surface area contributed by atoms with Crippen LogP contribution in [0.2, 0.25) is 0 Å². The molecule has 0 aliphatic carbocycles. The molecule has 2 aliphatic heterocycles. The fourth-order valence-corrected chi connectivity index (χ4v) is 4.85. The van der Waals surface area contributed by atoms with Crippen LogP contribution in [0.5, 0.6) is 0 Å². The summed E-state index contributed by atoms with van der Waals surface area (Å²) in [7, 11) is 0. The first kappa shape index (κ1) is 17.8. The van der Waals surface area contributed by atoms with Gasteiger partial charge >= 0.3 is 6.18 Å². The van der Waals surface area contributed by atoms with E-state index in [1.807, 2.05) is 21.6 Å². The van der Waals surface area contributed by atoms with E-state index in [0.29, 0.717) is 30.6 Å². The highest BCUT2D eigenvalue weighted by Crippen LogP contribution is 2.34. The Labute approximate surface area is 147 Å². The highest BCUT2D eigenvalue weighted by atomic mass is 32.2. The number of carbonyl (C=O) groups is 1. The lowest BCUT2D eigenvalue weighted by Gasteiger charge is -2.33. The Morgan fingerprint density at radius 2 is 1.88 bits per heavy atom. The minimum Gasteiger partial charge on any atom is -0.348 e. The van der Waals surface area contributed by atoms with E-state index in [2.05, 4.69) is 4.98 Å². The molecule has 3 heterocycles. The number of alkyl halides is 3. The normalized spacial score (nSPS) is 20.5. The summed E-state index contributed by atoms with van der Waals surface area (Å²) in [6.45, 7) is 3.00. The molecule has 2 fully saturated rings. The summed E-state index contributed by atoms with van der Waals surface area (Å²) in [6.07, 6.45) is -2.17. The third-order valence-corrected chi connectivity index (χ3v) is 6.34. The third kappa shape index (κ3) is 4.36. The SMILES string of the molecule is O=C(CC1CCN(c2nc(C(F)(F)F)cs2)CC1)N1CCSCC1. The average Bonchev–Trinajstić information content (AvgIpc) is 3.07. The van der Waals surface area contributed by atoms with Crippen LogP contribution in [-0.2, 0) is 11.0 Å². The zero-order valence-electron chi connectivity index (χ0n) is 13.2. The molecule has 134 valence electrons. The zero-order chi connectivity index (χ0) is 17.2. The van der Waals surface area contributed by atoms with Gasteiger partial charge in [0.1, 0.15) is 0 Å². The van der Waals surface area contributed by atoms with Crippen LogP contribution in [0.1, 0.15) is 25.0 Å². The predicted molar refractivity (Wildman–Crippen MR) is 90.6 cm³/mol. The van der Waals surface area contributed by atoms with E-state index in [4.69, 9.17) is 0 Å². The molecule has 9 heteroatoms. The van der Waals surface area contributed by atoms with Crippen molar-refractivity contribution >= 4 is 34.1 Å². The number of hydrogen-bond donors (Lipinski definition) is 0. The van der Waals surface area contributed by atoms with E-state index in [0.717, 1.165) is 54.2 Å². The lowest BCUT2D eigenvalue weighted by molar-refractivity contribution is -0.140. The number of amides is 1. The number of hydrogen-bond acceptors (Lipinski definition) is 5. The first-order chi connectivity index (χ1) is 11.4. The number of thioether (sulfide) groups is 1. The summed E-state index contributed by atoms with van der Waals surface area (Å²) in [5.41, 5.74) is -0.817. The second-order valence-corrected chi connectivity index (χ2v) is 8.20. The fraction of sp³-hybridized carbons (Fsp3) is 0.733. The number of piperidine rings is 1. The molecule has 1 amide bonds. The standard InChI is InChI=1S/C15H20F3N3OS2/c16-15(17,18)12-10-24-14(19-12)21-3-1-11(2-4-21)9-13(22)20-5-7-23-8-6-20/h10-11H,1-9H2. The number of thiazole rings is 1. The minimum atomic E-state index is -4.38. The smallest absolute Gasteiger partial charge is 0.348 e. The van der Waals surface area contributed by atoms with Gasteiger partial charge in [0.15, 0.2) is 10.8 Å². The highest BCUT2D eigenvalue weighted by Gasteiger charge is 2.35. The van der Waals surface area contributed by atoms with Gasteiger partial charge in [0.2, 0.25) is 5.91 Å². The maximum absolute atomic E-state index is 12.6. The molecule has 0 spiro atoms. The molecule has 4 nitrogen and oxygen atoms in total. The highest BCUT2D eigenvalue weighted by molar-refractivity contribution is 7.99. The lowest BCUT2D eigenvalue weighted by Crippen LogP contribution is -2.40. The van der Waals surface area contributed by atoms with Crippen LogP contribution in [0.15, 0.2) is 5.38 Å². The van der Waals surface area contributed by atoms with Gasteiger partial charge in [-0.25, -0.2) is 4.98 Å². The van der Waals surface area contributed by atoms with Gasteiger partial charge in [0, 0.05) is 49.5 Å². The Bertz CT molecular complexity index is 565. The summed E-state index contributed by atoms with van der Waals surface area (Å²) >= 11 is 2.92. The molecule has 0 atom stereocenters. The number of aromatic nitrogens is 1. The monoisotopic (exact) mass is 379 g/mol. The van der Waals surface area contributed by atoms with Crippen molar-refractivity contribution in [3.63, 3.8) is 0 Å². The van der Waals surface area contributed by atoms with E-state index in [1.165, 1.54) is 0 Å². The Kier molecular flexibility index (Phi) is 5.59. The predicted octanol–water partition coefficient (Wildman–Crippen LogP) is 3.34. The lowest BCUT2D eigenvalue weighted by atomic mass is 9.93. The molecular weight excluding hydrogens is 359 g/mol. The van der Waals surface area contributed by atoms with Crippen molar-refractivity contribution in [2.75, 3.05) is 42.6 Å². The van der Waals surface area contributed by atoms with Gasteiger partial charge in [-0.3, -0.25) is 4.79 Å². The number of halogens is 3. The summed E-state index contributed by atoms with van der Waals surface area (Å²) in [6, 6.07) is 0. The molecule has 2 aliphatic rings. The fourth-order valence-electron chi connectivity index (χ4n) is 3.06. The van der Waals surface area contributed by atoms with Gasteiger partial charge in [-0.15, -0.1) is 11.3 Å². The van der Waals surface area contributed by atoms with Crippen molar-refractivity contribution < 1.29 is 18.0 Å². The number of rotatable bonds is 3. The average molecular weight is 379 g/mol. The first-order valence-corrected chi connectivity index (χ1v) is 10.1. The zero-order valence-corrected chi connectivity index (χ0v) is 14.9. The molecular formula is C15H20F3N3OS2. The van der Waals surface area contributed by atoms with Crippen LogP contribution in [0.3, 0.4) is 0 Å². The second kappa shape index (κ2) is 7.51. The van der Waals surface area contributed by atoms with E-state index in [-0.39, 0.29) is 5.91 Å². The number of carbonyl (C=O) groups excluding carboxylic acids is 1. The van der Waals surface area contributed by atoms with E-state index >= 15 is 0 Å². The van der Waals surface area contributed by atoms with Crippen molar-refractivity contribution in [2.45, 2.75) is 25.4 Å². The Hall–Kier alpha value is -0.960. The van der Waals surface area contributed by atoms with Gasteiger partial charge in [0.25, 0.3) is 0 Å². The van der Waals surface area contributed by atoms with Crippen molar-refractivity contribution in [2.24, 2.45) is 5.92 Å². The molecule has 0 aromatic carbocycles. The topological polar surface area (TPSA) is 36.4 Å². The maximum atomic E-state index is 12.6. The minimum absolute atomic E-state index is 0.224. The number of anilines is 1. The molecule has 0 N–H and O–H groups in total. The summed E-state index contributed by atoms with van der Waals surface area (Å²) in [5.74, 6) is 2.57. The Morgan fingerprint density at radius 3 is 2.46 bits per heavy atom. The van der Waals surface area contributed by atoms with Crippen molar-refractivity contribution in [1.29, 1.82) is 0 Å². The van der Waals surface area contributed by atoms with Gasteiger partial charge < -0.3 is 9.80 Å². The van der Waals surface area contributed by atoms with Crippen LogP contribution >= 0.6 is 23.1 Å². The maximum Gasteiger partial charge on any atom is 0.434 e. The van der Waals surface area contributed by atoms with E-state index in [9.17, 15) is 18.0 Å². The first-order valence-electron chi connectivity index (χ1n) is 8.06. The molecule has 3 rings (SSSR count). The van der Waals surface area contributed by atoms with Gasteiger partial charge in [0.05, 0.1) is 0 Å². The second-order valence-electron chi connectivity index (χ2n) is 6.14. The molecule has 0 unspecified atom stereocenters. The van der Waals surface area contributed by atoms with Crippen molar-refractivity contribution in [1.82, 2.24) is 9.88 Å². The molecule has 0 bridgehead atoms. The molecule has 1 aromatic rings. The van der Waals surface area contributed by atoms with Crippen molar-refractivity contribution in [3.05, 3.63) is 11.1 Å². The quantitative estimate of drug-likeness (QED) is 0.807. The van der Waals surface area contributed by atoms with E-state index < -0.39 is 11.9 Å².